The number of benzene rings is 1. The fourth-order valence-corrected chi connectivity index (χ4v) is 3.78. The second-order valence-corrected chi connectivity index (χ2v) is 7.96. The van der Waals surface area contributed by atoms with Gasteiger partial charge in [0.05, 0.1) is 11.8 Å². The van der Waals surface area contributed by atoms with Crippen LogP contribution in [0.3, 0.4) is 0 Å². The van der Waals surface area contributed by atoms with Crippen molar-refractivity contribution < 1.29 is 12.8 Å². The van der Waals surface area contributed by atoms with Crippen LogP contribution in [-0.4, -0.2) is 18.6 Å². The molecule has 1 aromatic heterocycles. The first kappa shape index (κ1) is 18.2. The van der Waals surface area contributed by atoms with E-state index in [0.29, 0.717) is 5.56 Å². The third-order valence-corrected chi connectivity index (χ3v) is 5.70. The lowest BCUT2D eigenvalue weighted by Gasteiger charge is -2.13. The summed E-state index contributed by atoms with van der Waals surface area (Å²) in [6, 6.07) is 4.25. The highest BCUT2D eigenvalue weighted by Crippen LogP contribution is 2.29. The van der Waals surface area contributed by atoms with Crippen LogP contribution >= 0.6 is 23.2 Å². The third kappa shape index (κ3) is 4.03. The van der Waals surface area contributed by atoms with Crippen LogP contribution in [0.15, 0.2) is 27.8 Å². The summed E-state index contributed by atoms with van der Waals surface area (Å²) in [5, 5.41) is 7.40. The molecule has 6 nitrogen and oxygen atoms in total. The van der Waals surface area contributed by atoms with Gasteiger partial charge in [0.15, 0.2) is 0 Å². The molecule has 2 rings (SSSR count). The third-order valence-electron chi connectivity index (χ3n) is 3.63. The Morgan fingerprint density at radius 1 is 1.26 bits per heavy atom. The molecular formula is C14H17Cl2N3O3S. The SMILES string of the molecule is CC[C@@H](C)[C@H](N)c1nnc(S(=O)(=O)Cc2c(Cl)cccc2Cl)o1. The van der Waals surface area contributed by atoms with E-state index >= 15 is 0 Å². The van der Waals surface area contributed by atoms with Crippen LogP contribution in [0.4, 0.5) is 0 Å². The van der Waals surface area contributed by atoms with Crippen LogP contribution in [0, 0.1) is 5.92 Å². The number of hydrogen-bond acceptors (Lipinski definition) is 6. The quantitative estimate of drug-likeness (QED) is 0.827. The maximum atomic E-state index is 12.4. The first-order chi connectivity index (χ1) is 10.8. The molecule has 0 saturated heterocycles. The molecule has 0 amide bonds. The molecule has 0 bridgehead atoms. The van der Waals surface area contributed by atoms with Gasteiger partial charge in [-0.15, -0.1) is 5.10 Å². The molecule has 1 heterocycles. The topological polar surface area (TPSA) is 99.1 Å². The van der Waals surface area contributed by atoms with Crippen LogP contribution in [0.5, 0.6) is 0 Å². The van der Waals surface area contributed by atoms with Gasteiger partial charge in [0.2, 0.25) is 15.7 Å². The van der Waals surface area contributed by atoms with Gasteiger partial charge in [-0.05, 0) is 18.1 Å². The zero-order chi connectivity index (χ0) is 17.2. The standard InChI is InChI=1S/C14H17Cl2N3O3S/c1-3-8(2)12(17)13-18-19-14(22-13)23(20,21)7-9-10(15)5-4-6-11(9)16/h4-6,8,12H,3,7,17H2,1-2H3/t8-,12+/m1/s1. The number of halogens is 2. The van der Waals surface area contributed by atoms with Crippen molar-refractivity contribution in [2.75, 3.05) is 0 Å². The van der Waals surface area contributed by atoms with Crippen molar-refractivity contribution in [1.82, 2.24) is 10.2 Å². The van der Waals surface area contributed by atoms with Gasteiger partial charge in [-0.3, -0.25) is 0 Å². The molecule has 0 radical (unpaired) electrons. The van der Waals surface area contributed by atoms with Crippen molar-refractivity contribution >= 4 is 33.0 Å². The minimum atomic E-state index is -3.87. The van der Waals surface area contributed by atoms with Crippen molar-refractivity contribution in [2.45, 2.75) is 37.3 Å². The van der Waals surface area contributed by atoms with E-state index in [2.05, 4.69) is 10.2 Å². The molecule has 0 aliphatic carbocycles. The molecule has 0 spiro atoms. The molecule has 2 N–H and O–H groups in total. The molecule has 0 saturated carbocycles. The van der Waals surface area contributed by atoms with E-state index in [-0.39, 0.29) is 21.9 Å². The number of aromatic nitrogens is 2. The summed E-state index contributed by atoms with van der Waals surface area (Å²) in [6.45, 7) is 3.89. The van der Waals surface area contributed by atoms with E-state index in [1.165, 1.54) is 0 Å². The minimum absolute atomic E-state index is 0.0871. The summed E-state index contributed by atoms with van der Waals surface area (Å²) in [7, 11) is -3.87. The van der Waals surface area contributed by atoms with E-state index < -0.39 is 26.9 Å². The zero-order valence-corrected chi connectivity index (χ0v) is 15.0. The second kappa shape index (κ2) is 7.17. The summed E-state index contributed by atoms with van der Waals surface area (Å²) in [4.78, 5) is 0. The highest BCUT2D eigenvalue weighted by Gasteiger charge is 2.28. The Morgan fingerprint density at radius 2 is 1.87 bits per heavy atom. The Morgan fingerprint density at radius 3 is 2.43 bits per heavy atom. The van der Waals surface area contributed by atoms with Crippen LogP contribution in [0.2, 0.25) is 10.0 Å². The normalized spacial score (nSPS) is 14.7. The van der Waals surface area contributed by atoms with Crippen molar-refractivity contribution in [1.29, 1.82) is 0 Å². The van der Waals surface area contributed by atoms with Crippen LogP contribution < -0.4 is 5.73 Å². The molecule has 23 heavy (non-hydrogen) atoms. The van der Waals surface area contributed by atoms with E-state index in [1.54, 1.807) is 18.2 Å². The van der Waals surface area contributed by atoms with Crippen molar-refractivity contribution in [2.24, 2.45) is 11.7 Å². The largest absolute Gasteiger partial charge is 0.411 e. The lowest BCUT2D eigenvalue weighted by Crippen LogP contribution is -2.18. The maximum Gasteiger partial charge on any atom is 0.335 e. The molecule has 0 aliphatic heterocycles. The molecule has 0 unspecified atom stereocenters. The van der Waals surface area contributed by atoms with Gasteiger partial charge < -0.3 is 10.2 Å². The Labute approximate surface area is 144 Å². The van der Waals surface area contributed by atoms with E-state index in [9.17, 15) is 8.42 Å². The molecule has 0 fully saturated rings. The fraction of sp³-hybridized carbons (Fsp3) is 0.429. The molecule has 0 aliphatic rings. The van der Waals surface area contributed by atoms with E-state index in [4.69, 9.17) is 33.4 Å². The van der Waals surface area contributed by atoms with Gasteiger partial charge in [-0.1, -0.05) is 54.6 Å². The highest BCUT2D eigenvalue weighted by atomic mass is 35.5. The number of nitrogens with two attached hydrogens (primary N) is 1. The van der Waals surface area contributed by atoms with Crippen molar-refractivity contribution in [3.05, 3.63) is 39.7 Å². The first-order valence-electron chi connectivity index (χ1n) is 7.01. The second-order valence-electron chi connectivity index (χ2n) is 5.28. The summed E-state index contributed by atoms with van der Waals surface area (Å²) >= 11 is 12.0. The Bertz CT molecular complexity index is 772. The maximum absolute atomic E-state index is 12.4. The summed E-state index contributed by atoms with van der Waals surface area (Å²) in [6.07, 6.45) is 0.806. The lowest BCUT2D eigenvalue weighted by molar-refractivity contribution is 0.327. The van der Waals surface area contributed by atoms with Gasteiger partial charge in [0.25, 0.3) is 0 Å². The van der Waals surface area contributed by atoms with Gasteiger partial charge in [0, 0.05) is 15.6 Å². The predicted octanol–water partition coefficient (Wildman–Crippen LogP) is 3.40. The smallest absolute Gasteiger partial charge is 0.335 e. The number of rotatable bonds is 6. The Balaban J connectivity index is 2.29. The van der Waals surface area contributed by atoms with Gasteiger partial charge in [-0.2, -0.15) is 0 Å². The molecule has 126 valence electrons. The van der Waals surface area contributed by atoms with Gasteiger partial charge in [0.1, 0.15) is 0 Å². The van der Waals surface area contributed by atoms with Crippen molar-refractivity contribution in [3.63, 3.8) is 0 Å². The van der Waals surface area contributed by atoms with Crippen LogP contribution in [0.1, 0.15) is 37.8 Å². The average molecular weight is 378 g/mol. The van der Waals surface area contributed by atoms with Crippen LogP contribution in [0.25, 0.3) is 0 Å². The first-order valence-corrected chi connectivity index (χ1v) is 9.41. The van der Waals surface area contributed by atoms with Crippen molar-refractivity contribution in [3.8, 4) is 0 Å². The highest BCUT2D eigenvalue weighted by molar-refractivity contribution is 7.90. The molecule has 2 aromatic rings. The predicted molar refractivity (Wildman–Crippen MR) is 88.0 cm³/mol. The number of nitrogens with zero attached hydrogens (tertiary/aromatic N) is 2. The average Bonchev–Trinajstić information content (AvgIpc) is 3.00. The lowest BCUT2D eigenvalue weighted by atomic mass is 10.0. The monoisotopic (exact) mass is 377 g/mol. The number of sulfone groups is 1. The zero-order valence-electron chi connectivity index (χ0n) is 12.7. The van der Waals surface area contributed by atoms with Crippen LogP contribution in [-0.2, 0) is 15.6 Å². The van der Waals surface area contributed by atoms with E-state index in [0.717, 1.165) is 6.42 Å². The Kier molecular flexibility index (Phi) is 5.67. The fourth-order valence-electron chi connectivity index (χ4n) is 1.90. The Hall–Kier alpha value is -1.15. The number of hydrogen-bond donors (Lipinski definition) is 1. The van der Waals surface area contributed by atoms with E-state index in [1.807, 2.05) is 13.8 Å². The van der Waals surface area contributed by atoms with Gasteiger partial charge >= 0.3 is 5.22 Å². The molecular weight excluding hydrogens is 361 g/mol. The minimum Gasteiger partial charge on any atom is -0.411 e. The summed E-state index contributed by atoms with van der Waals surface area (Å²) in [5.74, 6) is -0.238. The van der Waals surface area contributed by atoms with Gasteiger partial charge in [-0.25, -0.2) is 8.42 Å². The molecule has 9 heteroatoms. The molecule has 1 aromatic carbocycles. The molecule has 2 atom stereocenters. The summed E-state index contributed by atoms with van der Waals surface area (Å²) in [5.41, 5.74) is 6.27. The summed E-state index contributed by atoms with van der Waals surface area (Å²) < 4.78 is 30.1.